The Kier molecular flexibility index (Phi) is 4.84. The van der Waals surface area contributed by atoms with Gasteiger partial charge in [0.05, 0.1) is 6.10 Å². The van der Waals surface area contributed by atoms with Crippen LogP contribution in [0.1, 0.15) is 32.1 Å². The Morgan fingerprint density at radius 2 is 2.13 bits per heavy atom. The summed E-state index contributed by atoms with van der Waals surface area (Å²) in [6, 6.07) is 0.227. The van der Waals surface area contributed by atoms with E-state index in [4.69, 9.17) is 10.9 Å². The van der Waals surface area contributed by atoms with Crippen LogP contribution in [0.5, 0.6) is 0 Å². The van der Waals surface area contributed by atoms with E-state index < -0.39 is 0 Å². The van der Waals surface area contributed by atoms with Gasteiger partial charge in [0.2, 0.25) is 0 Å². The molecule has 2 unspecified atom stereocenters. The predicted octanol–water partition coefficient (Wildman–Crippen LogP) is 0.358. The fraction of sp³-hybridized carbons (Fsp3) is 0.900. The Bertz CT molecular complexity index is 221. The number of amidine groups is 1. The summed E-state index contributed by atoms with van der Waals surface area (Å²) in [5.74, 6) is 0.243. The van der Waals surface area contributed by atoms with Gasteiger partial charge in [-0.05, 0) is 19.9 Å². The van der Waals surface area contributed by atoms with E-state index in [1.807, 2.05) is 7.05 Å². The van der Waals surface area contributed by atoms with Crippen LogP contribution in [0.15, 0.2) is 5.16 Å². The number of aliphatic hydroxyl groups excluding tert-OH is 1. The van der Waals surface area contributed by atoms with E-state index in [9.17, 15) is 5.11 Å². The Hall–Kier alpha value is -0.810. The molecule has 0 aliphatic heterocycles. The maximum Gasteiger partial charge on any atom is 0.140 e. The van der Waals surface area contributed by atoms with Crippen molar-refractivity contribution in [3.05, 3.63) is 0 Å². The summed E-state index contributed by atoms with van der Waals surface area (Å²) in [5.41, 5.74) is 5.40. The van der Waals surface area contributed by atoms with Crippen LogP contribution in [0.25, 0.3) is 0 Å². The Balaban J connectivity index is 2.34. The van der Waals surface area contributed by atoms with Crippen molar-refractivity contribution in [1.29, 1.82) is 0 Å². The molecule has 1 fully saturated rings. The second-order valence-electron chi connectivity index (χ2n) is 4.24. The number of hydrogen-bond donors (Lipinski definition) is 3. The molecule has 0 aromatic rings. The highest BCUT2D eigenvalue weighted by Crippen LogP contribution is 2.22. The molecule has 0 radical (unpaired) electrons. The molecular weight excluding hydrogens is 194 g/mol. The maximum atomic E-state index is 9.81. The lowest BCUT2D eigenvalue weighted by molar-refractivity contribution is 0.0333. The molecule has 0 aromatic carbocycles. The molecular formula is C10H21N3O2. The minimum atomic E-state index is -0.226. The van der Waals surface area contributed by atoms with Gasteiger partial charge in [0.25, 0.3) is 0 Å². The summed E-state index contributed by atoms with van der Waals surface area (Å²) in [6.07, 6.45) is 4.53. The van der Waals surface area contributed by atoms with E-state index >= 15 is 0 Å². The molecule has 1 aliphatic carbocycles. The quantitative estimate of drug-likeness (QED) is 0.274. The Labute approximate surface area is 90.6 Å². The van der Waals surface area contributed by atoms with Gasteiger partial charge in [-0.1, -0.05) is 18.0 Å². The van der Waals surface area contributed by atoms with E-state index in [0.717, 1.165) is 25.8 Å². The summed E-state index contributed by atoms with van der Waals surface area (Å²) in [7, 11) is 1.98. The lowest BCUT2D eigenvalue weighted by atomic mass is 9.91. The van der Waals surface area contributed by atoms with Crippen molar-refractivity contribution in [3.8, 4) is 0 Å². The van der Waals surface area contributed by atoms with E-state index in [-0.39, 0.29) is 18.0 Å². The van der Waals surface area contributed by atoms with Crippen molar-refractivity contribution < 1.29 is 10.3 Å². The second kappa shape index (κ2) is 5.92. The summed E-state index contributed by atoms with van der Waals surface area (Å²) >= 11 is 0. The van der Waals surface area contributed by atoms with Gasteiger partial charge in [0, 0.05) is 19.0 Å². The first-order chi connectivity index (χ1) is 7.15. The molecule has 0 heterocycles. The zero-order valence-corrected chi connectivity index (χ0v) is 9.26. The molecule has 0 amide bonds. The van der Waals surface area contributed by atoms with Crippen LogP contribution in [0.4, 0.5) is 0 Å². The van der Waals surface area contributed by atoms with Gasteiger partial charge < -0.3 is 20.9 Å². The molecule has 5 nitrogen and oxygen atoms in total. The number of aliphatic hydroxyl groups is 1. The second-order valence-corrected chi connectivity index (χ2v) is 4.24. The van der Waals surface area contributed by atoms with Gasteiger partial charge in [-0.25, -0.2) is 0 Å². The summed E-state index contributed by atoms with van der Waals surface area (Å²) in [4.78, 5) is 2.10. The molecule has 5 heteroatoms. The molecule has 0 bridgehead atoms. The predicted molar refractivity (Wildman–Crippen MR) is 58.9 cm³/mol. The molecule has 0 spiro atoms. The van der Waals surface area contributed by atoms with Crippen LogP contribution in [-0.2, 0) is 0 Å². The zero-order valence-electron chi connectivity index (χ0n) is 9.26. The lowest BCUT2D eigenvalue weighted by Crippen LogP contribution is -2.44. The molecule has 0 aromatic heterocycles. The molecule has 1 aliphatic rings. The van der Waals surface area contributed by atoms with E-state index in [0.29, 0.717) is 6.42 Å². The minimum absolute atomic E-state index is 0.226. The van der Waals surface area contributed by atoms with Crippen molar-refractivity contribution in [1.82, 2.24) is 4.90 Å². The maximum absolute atomic E-state index is 9.81. The molecule has 1 saturated carbocycles. The number of rotatable bonds is 4. The molecule has 15 heavy (non-hydrogen) atoms. The first kappa shape index (κ1) is 12.3. The smallest absolute Gasteiger partial charge is 0.140 e. The van der Waals surface area contributed by atoms with Crippen molar-refractivity contribution in [2.24, 2.45) is 10.9 Å². The van der Waals surface area contributed by atoms with Crippen LogP contribution in [0.3, 0.4) is 0 Å². The first-order valence-corrected chi connectivity index (χ1v) is 5.50. The molecule has 4 N–H and O–H groups in total. The fourth-order valence-electron chi connectivity index (χ4n) is 2.11. The van der Waals surface area contributed by atoms with Gasteiger partial charge in [-0.15, -0.1) is 0 Å². The lowest BCUT2D eigenvalue weighted by Gasteiger charge is -2.35. The van der Waals surface area contributed by atoms with Gasteiger partial charge in [0.1, 0.15) is 5.84 Å². The largest absolute Gasteiger partial charge is 0.409 e. The number of oxime groups is 1. The zero-order chi connectivity index (χ0) is 11.3. The van der Waals surface area contributed by atoms with Gasteiger partial charge in [-0.2, -0.15) is 0 Å². The van der Waals surface area contributed by atoms with Crippen LogP contribution in [0.2, 0.25) is 0 Å². The van der Waals surface area contributed by atoms with Crippen LogP contribution < -0.4 is 5.73 Å². The molecule has 2 atom stereocenters. The molecule has 1 rings (SSSR count). The van der Waals surface area contributed by atoms with E-state index in [2.05, 4.69) is 10.1 Å². The number of hydrogen-bond acceptors (Lipinski definition) is 4. The summed E-state index contributed by atoms with van der Waals surface area (Å²) < 4.78 is 0. The standard InChI is InChI=1S/C10H21N3O2/c1-13(7-6-10(11)12-15)8-4-2-3-5-9(8)14/h8-9,14-15H,2-7H2,1H3,(H2,11,12). The molecule has 0 saturated heterocycles. The average molecular weight is 215 g/mol. The number of likely N-dealkylation sites (N-methyl/N-ethyl adjacent to an activating group) is 1. The third-order valence-electron chi connectivity index (χ3n) is 3.11. The SMILES string of the molecule is CN(CCC(N)=NO)C1CCCCC1O. The monoisotopic (exact) mass is 215 g/mol. The Morgan fingerprint density at radius 1 is 1.47 bits per heavy atom. The van der Waals surface area contributed by atoms with E-state index in [1.165, 1.54) is 6.42 Å². The number of nitrogens with zero attached hydrogens (tertiary/aromatic N) is 2. The first-order valence-electron chi connectivity index (χ1n) is 5.50. The van der Waals surface area contributed by atoms with Crippen molar-refractivity contribution in [2.45, 2.75) is 44.2 Å². The number of nitrogens with two attached hydrogens (primary N) is 1. The van der Waals surface area contributed by atoms with E-state index in [1.54, 1.807) is 0 Å². The van der Waals surface area contributed by atoms with Crippen molar-refractivity contribution >= 4 is 5.84 Å². The summed E-state index contributed by atoms with van der Waals surface area (Å²) in [5, 5.41) is 21.1. The van der Waals surface area contributed by atoms with Gasteiger partial charge in [-0.3, -0.25) is 0 Å². The highest BCUT2D eigenvalue weighted by molar-refractivity contribution is 5.79. The normalized spacial score (nSPS) is 28.3. The van der Waals surface area contributed by atoms with Gasteiger partial charge >= 0.3 is 0 Å². The summed E-state index contributed by atoms with van der Waals surface area (Å²) in [6.45, 7) is 0.720. The average Bonchev–Trinajstić information content (AvgIpc) is 2.26. The third-order valence-corrected chi connectivity index (χ3v) is 3.11. The fourth-order valence-corrected chi connectivity index (χ4v) is 2.11. The minimum Gasteiger partial charge on any atom is -0.409 e. The Morgan fingerprint density at radius 3 is 2.73 bits per heavy atom. The van der Waals surface area contributed by atoms with Crippen molar-refractivity contribution in [3.63, 3.8) is 0 Å². The van der Waals surface area contributed by atoms with Crippen LogP contribution in [-0.4, -0.2) is 46.8 Å². The van der Waals surface area contributed by atoms with Gasteiger partial charge in [0.15, 0.2) is 0 Å². The van der Waals surface area contributed by atoms with Crippen LogP contribution in [0, 0.1) is 0 Å². The van der Waals surface area contributed by atoms with Crippen LogP contribution >= 0.6 is 0 Å². The topological polar surface area (TPSA) is 82.1 Å². The highest BCUT2D eigenvalue weighted by Gasteiger charge is 2.26. The highest BCUT2D eigenvalue weighted by atomic mass is 16.4. The third kappa shape index (κ3) is 3.68. The molecule has 88 valence electrons. The van der Waals surface area contributed by atoms with Crippen molar-refractivity contribution in [2.75, 3.05) is 13.6 Å².